The molecule has 1 aliphatic heterocycles. The van der Waals surface area contributed by atoms with E-state index in [4.69, 9.17) is 0 Å². The minimum absolute atomic E-state index is 0.173. The Bertz CT molecular complexity index is 1450. The second kappa shape index (κ2) is 14.8. The van der Waals surface area contributed by atoms with E-state index in [9.17, 15) is 24.3 Å². The Morgan fingerprint density at radius 1 is 0.907 bits per heavy atom. The molecule has 1 unspecified atom stereocenters. The number of aliphatic hydroxyl groups is 1. The molecule has 1 fully saturated rings. The summed E-state index contributed by atoms with van der Waals surface area (Å²) in [5, 5.41) is 19.4. The zero-order chi connectivity index (χ0) is 30.9. The zero-order valence-electron chi connectivity index (χ0n) is 24.6. The molecule has 226 valence electrons. The van der Waals surface area contributed by atoms with Crippen molar-refractivity contribution in [1.29, 1.82) is 0 Å². The van der Waals surface area contributed by atoms with Gasteiger partial charge in [0.15, 0.2) is 6.10 Å². The number of hydrogen-bond acceptors (Lipinski definition) is 6. The standard InChI is InChI=1S/C33H38N4O5S/c1-21-11-7-9-15-25(21)18-34-32(41)29-23(3)43-20-37(29)33(42)30(39)27(17-24-13-5-4-6-14-24)36-28(38)19-35-31(40)26-16-10-8-12-22(26)2/h4-16,23,27,29-30,39H,17-20H2,1-3H3,(H,34,41)(H,35,40)(H,36,38)/t23?,27-,29-,30-/m0/s1. The third kappa shape index (κ3) is 8.24. The first kappa shape index (κ1) is 31.8. The van der Waals surface area contributed by atoms with Gasteiger partial charge in [0.05, 0.1) is 18.5 Å². The normalized spacial score (nSPS) is 17.5. The lowest BCUT2D eigenvalue weighted by Crippen LogP contribution is -2.57. The minimum atomic E-state index is -1.62. The van der Waals surface area contributed by atoms with Crippen LogP contribution in [0.25, 0.3) is 0 Å². The number of aliphatic hydroxyl groups excluding tert-OH is 1. The van der Waals surface area contributed by atoms with Crippen LogP contribution < -0.4 is 16.0 Å². The quantitative estimate of drug-likeness (QED) is 0.267. The van der Waals surface area contributed by atoms with Crippen molar-refractivity contribution in [1.82, 2.24) is 20.9 Å². The summed E-state index contributed by atoms with van der Waals surface area (Å²) < 4.78 is 0. The highest BCUT2D eigenvalue weighted by Crippen LogP contribution is 2.30. The van der Waals surface area contributed by atoms with Gasteiger partial charge in [-0.05, 0) is 48.6 Å². The summed E-state index contributed by atoms with van der Waals surface area (Å²) in [6.07, 6.45) is -1.44. The van der Waals surface area contributed by atoms with E-state index in [1.54, 1.807) is 25.1 Å². The second-order valence-electron chi connectivity index (χ2n) is 10.7. The number of carbonyl (C=O) groups excluding carboxylic acids is 4. The van der Waals surface area contributed by atoms with Gasteiger partial charge in [0.2, 0.25) is 11.8 Å². The van der Waals surface area contributed by atoms with Gasteiger partial charge in [-0.15, -0.1) is 11.8 Å². The van der Waals surface area contributed by atoms with E-state index in [0.717, 1.165) is 22.3 Å². The van der Waals surface area contributed by atoms with Crippen LogP contribution in [0, 0.1) is 13.8 Å². The third-order valence-electron chi connectivity index (χ3n) is 7.60. The van der Waals surface area contributed by atoms with Crippen molar-refractivity contribution >= 4 is 35.4 Å². The van der Waals surface area contributed by atoms with Crippen LogP contribution in [-0.4, -0.2) is 69.5 Å². The largest absolute Gasteiger partial charge is 0.381 e. The van der Waals surface area contributed by atoms with Crippen LogP contribution in [0.3, 0.4) is 0 Å². The van der Waals surface area contributed by atoms with Gasteiger partial charge in [0.25, 0.3) is 11.8 Å². The molecule has 4 rings (SSSR count). The number of amides is 4. The number of benzene rings is 3. The molecule has 0 bridgehead atoms. The van der Waals surface area contributed by atoms with Crippen molar-refractivity contribution < 1.29 is 24.3 Å². The molecule has 0 aromatic heterocycles. The maximum Gasteiger partial charge on any atom is 0.254 e. The Hall–Kier alpha value is -4.15. The highest BCUT2D eigenvalue weighted by molar-refractivity contribution is 8.00. The molecule has 43 heavy (non-hydrogen) atoms. The molecule has 3 aromatic carbocycles. The first-order valence-electron chi connectivity index (χ1n) is 14.2. The van der Waals surface area contributed by atoms with Gasteiger partial charge in [-0.2, -0.15) is 0 Å². The van der Waals surface area contributed by atoms with Crippen molar-refractivity contribution in [2.24, 2.45) is 0 Å². The first-order chi connectivity index (χ1) is 20.7. The van der Waals surface area contributed by atoms with Crippen molar-refractivity contribution in [2.45, 2.75) is 57.2 Å². The van der Waals surface area contributed by atoms with Gasteiger partial charge in [-0.25, -0.2) is 0 Å². The summed E-state index contributed by atoms with van der Waals surface area (Å²) in [5.74, 6) is -1.65. The monoisotopic (exact) mass is 602 g/mol. The van der Waals surface area contributed by atoms with Gasteiger partial charge >= 0.3 is 0 Å². The van der Waals surface area contributed by atoms with Gasteiger partial charge in [-0.1, -0.05) is 79.7 Å². The van der Waals surface area contributed by atoms with Crippen molar-refractivity contribution in [3.05, 3.63) is 107 Å². The molecule has 1 heterocycles. The number of rotatable bonds is 11. The lowest BCUT2D eigenvalue weighted by Gasteiger charge is -2.30. The highest BCUT2D eigenvalue weighted by atomic mass is 32.2. The van der Waals surface area contributed by atoms with E-state index in [1.807, 2.05) is 74.5 Å². The number of aryl methyl sites for hydroxylation is 2. The Balaban J connectivity index is 1.44. The molecule has 0 radical (unpaired) electrons. The number of nitrogens with zero attached hydrogens (tertiary/aromatic N) is 1. The smallest absolute Gasteiger partial charge is 0.254 e. The van der Waals surface area contributed by atoms with Gasteiger partial charge < -0.3 is 26.0 Å². The van der Waals surface area contributed by atoms with Crippen LogP contribution in [0.2, 0.25) is 0 Å². The summed E-state index contributed by atoms with van der Waals surface area (Å²) in [6.45, 7) is 5.64. The van der Waals surface area contributed by atoms with Gasteiger partial charge in [-0.3, -0.25) is 19.2 Å². The SMILES string of the molecule is Cc1ccccc1CNC(=O)[C@@H]1C(C)SCN1C(=O)[C@@H](O)[C@H](Cc1ccccc1)NC(=O)CNC(=O)c1ccccc1C. The van der Waals surface area contributed by atoms with Crippen LogP contribution in [-0.2, 0) is 27.3 Å². The highest BCUT2D eigenvalue weighted by Gasteiger charge is 2.43. The van der Waals surface area contributed by atoms with E-state index >= 15 is 0 Å². The number of carbonyl (C=O) groups is 4. The zero-order valence-corrected chi connectivity index (χ0v) is 25.4. The number of thioether (sulfide) groups is 1. The van der Waals surface area contributed by atoms with Crippen molar-refractivity contribution in [3.63, 3.8) is 0 Å². The van der Waals surface area contributed by atoms with Gasteiger partial charge in [0.1, 0.15) is 6.04 Å². The maximum absolute atomic E-state index is 13.7. The summed E-state index contributed by atoms with van der Waals surface area (Å²) in [6, 6.07) is 22.2. The minimum Gasteiger partial charge on any atom is -0.381 e. The summed E-state index contributed by atoms with van der Waals surface area (Å²) in [5.41, 5.74) is 4.07. The van der Waals surface area contributed by atoms with Crippen LogP contribution in [0.4, 0.5) is 0 Å². The molecule has 0 spiro atoms. The fourth-order valence-electron chi connectivity index (χ4n) is 5.07. The third-order valence-corrected chi connectivity index (χ3v) is 8.81. The molecule has 0 aliphatic carbocycles. The molecule has 0 saturated carbocycles. The van der Waals surface area contributed by atoms with Crippen LogP contribution in [0.5, 0.6) is 0 Å². The number of nitrogens with one attached hydrogen (secondary N) is 3. The van der Waals surface area contributed by atoms with Gasteiger partial charge in [0, 0.05) is 17.4 Å². The Kier molecular flexibility index (Phi) is 11.0. The van der Waals surface area contributed by atoms with E-state index in [0.29, 0.717) is 12.1 Å². The van der Waals surface area contributed by atoms with Crippen LogP contribution >= 0.6 is 11.8 Å². The molecular formula is C33H38N4O5S. The number of hydrogen-bond donors (Lipinski definition) is 4. The average Bonchev–Trinajstić information content (AvgIpc) is 3.40. The van der Waals surface area contributed by atoms with E-state index in [-0.39, 0.29) is 30.0 Å². The lowest BCUT2D eigenvalue weighted by molar-refractivity contribution is -0.147. The first-order valence-corrected chi connectivity index (χ1v) is 15.3. The van der Waals surface area contributed by atoms with Crippen LogP contribution in [0.15, 0.2) is 78.9 Å². The van der Waals surface area contributed by atoms with Crippen molar-refractivity contribution in [3.8, 4) is 0 Å². The lowest BCUT2D eigenvalue weighted by atomic mass is 9.99. The summed E-state index contributed by atoms with van der Waals surface area (Å²) in [7, 11) is 0. The van der Waals surface area contributed by atoms with Crippen LogP contribution in [0.1, 0.15) is 39.5 Å². The topological polar surface area (TPSA) is 128 Å². The molecule has 4 atom stereocenters. The molecule has 1 saturated heterocycles. The Labute approximate surface area is 256 Å². The van der Waals surface area contributed by atoms with Crippen molar-refractivity contribution in [2.75, 3.05) is 12.4 Å². The molecule has 3 aromatic rings. The Morgan fingerprint density at radius 2 is 1.56 bits per heavy atom. The molecule has 9 nitrogen and oxygen atoms in total. The molecule has 4 N–H and O–H groups in total. The Morgan fingerprint density at radius 3 is 2.26 bits per heavy atom. The average molecular weight is 603 g/mol. The predicted molar refractivity (Wildman–Crippen MR) is 167 cm³/mol. The summed E-state index contributed by atoms with van der Waals surface area (Å²) >= 11 is 1.45. The van der Waals surface area contributed by atoms with E-state index in [2.05, 4.69) is 16.0 Å². The molecule has 4 amide bonds. The molecule has 1 aliphatic rings. The summed E-state index contributed by atoms with van der Waals surface area (Å²) in [4.78, 5) is 53.9. The molecule has 10 heteroatoms. The van der Waals surface area contributed by atoms with E-state index < -0.39 is 35.9 Å². The predicted octanol–water partition coefficient (Wildman–Crippen LogP) is 2.73. The fraction of sp³-hybridized carbons (Fsp3) is 0.333. The second-order valence-corrected chi connectivity index (χ2v) is 12.0. The fourth-order valence-corrected chi connectivity index (χ4v) is 6.20. The van der Waals surface area contributed by atoms with E-state index in [1.165, 1.54) is 16.7 Å². The molecular weight excluding hydrogens is 564 g/mol. The maximum atomic E-state index is 13.7.